The molecule has 1 heterocycles. The van der Waals surface area contributed by atoms with Crippen molar-refractivity contribution >= 4 is 23.6 Å². The van der Waals surface area contributed by atoms with Crippen molar-refractivity contribution in [2.75, 3.05) is 25.1 Å². The molecule has 2 aromatic carbocycles. The Kier molecular flexibility index (Phi) is 8.30. The largest absolute Gasteiger partial charge is 0.507 e. The maximum atomic E-state index is 13.0. The third kappa shape index (κ3) is 5.65. The van der Waals surface area contributed by atoms with E-state index in [2.05, 4.69) is 37.9 Å². The summed E-state index contributed by atoms with van der Waals surface area (Å²) in [4.78, 5) is 27.2. The third-order valence-corrected chi connectivity index (χ3v) is 6.66. The number of anilines is 1. The van der Waals surface area contributed by atoms with E-state index in [0.29, 0.717) is 53.4 Å². The van der Waals surface area contributed by atoms with Gasteiger partial charge in [0.25, 0.3) is 5.91 Å². The first-order valence-corrected chi connectivity index (χ1v) is 12.2. The van der Waals surface area contributed by atoms with Crippen molar-refractivity contribution in [1.82, 2.24) is 4.90 Å². The SMILES string of the molecule is Cc1c(C)c2c(c(C)c1O)C=C(C(=O)Nc1ccc(OCCN(C(C)C)C(C)C)cc1C(=O)O)CO2. The van der Waals surface area contributed by atoms with Gasteiger partial charge in [0.1, 0.15) is 30.5 Å². The number of nitrogens with zero attached hydrogens (tertiary/aromatic N) is 1. The zero-order valence-electron chi connectivity index (χ0n) is 22.1. The average molecular weight is 497 g/mol. The lowest BCUT2D eigenvalue weighted by Gasteiger charge is -2.30. The number of carboxylic acid groups (broad SMARTS) is 1. The van der Waals surface area contributed by atoms with Crippen molar-refractivity contribution < 1.29 is 29.3 Å². The molecule has 0 radical (unpaired) electrons. The average Bonchev–Trinajstić information content (AvgIpc) is 2.83. The third-order valence-electron chi connectivity index (χ3n) is 6.66. The molecular formula is C28H36N2O6. The number of amides is 1. The monoisotopic (exact) mass is 496 g/mol. The number of nitrogens with one attached hydrogen (secondary N) is 1. The number of rotatable bonds is 9. The van der Waals surface area contributed by atoms with Crippen LogP contribution in [0.4, 0.5) is 5.69 Å². The highest BCUT2D eigenvalue weighted by Gasteiger charge is 2.25. The van der Waals surface area contributed by atoms with Gasteiger partial charge in [-0.15, -0.1) is 0 Å². The number of ether oxygens (including phenoxy) is 2. The summed E-state index contributed by atoms with van der Waals surface area (Å²) in [5.74, 6) is -0.419. The Hall–Kier alpha value is -3.52. The fourth-order valence-corrected chi connectivity index (χ4v) is 4.47. The van der Waals surface area contributed by atoms with E-state index in [9.17, 15) is 19.8 Å². The molecule has 0 saturated carbocycles. The van der Waals surface area contributed by atoms with E-state index in [-0.39, 0.29) is 23.6 Å². The molecule has 1 aliphatic rings. The van der Waals surface area contributed by atoms with Gasteiger partial charge in [-0.25, -0.2) is 4.79 Å². The van der Waals surface area contributed by atoms with Crippen LogP contribution < -0.4 is 14.8 Å². The van der Waals surface area contributed by atoms with Crippen molar-refractivity contribution in [2.45, 2.75) is 60.5 Å². The number of hydrogen-bond acceptors (Lipinski definition) is 6. The molecule has 3 N–H and O–H groups in total. The van der Waals surface area contributed by atoms with Gasteiger partial charge in [0.15, 0.2) is 0 Å². The van der Waals surface area contributed by atoms with Crippen LogP contribution in [0.1, 0.15) is 60.3 Å². The van der Waals surface area contributed by atoms with E-state index < -0.39 is 11.9 Å². The molecule has 0 spiro atoms. The van der Waals surface area contributed by atoms with E-state index in [4.69, 9.17) is 9.47 Å². The van der Waals surface area contributed by atoms with Gasteiger partial charge in [-0.05, 0) is 83.9 Å². The predicted molar refractivity (Wildman–Crippen MR) is 140 cm³/mol. The zero-order chi connectivity index (χ0) is 26.7. The summed E-state index contributed by atoms with van der Waals surface area (Å²) in [5.41, 5.74) is 3.25. The van der Waals surface area contributed by atoms with E-state index in [0.717, 1.165) is 11.1 Å². The molecule has 0 aromatic heterocycles. The summed E-state index contributed by atoms with van der Waals surface area (Å²) in [6.45, 7) is 15.1. The molecular weight excluding hydrogens is 460 g/mol. The number of benzene rings is 2. The summed E-state index contributed by atoms with van der Waals surface area (Å²) in [7, 11) is 0. The number of hydrogen-bond donors (Lipinski definition) is 3. The first-order chi connectivity index (χ1) is 16.9. The van der Waals surface area contributed by atoms with Gasteiger partial charge in [0.05, 0.1) is 16.8 Å². The van der Waals surface area contributed by atoms with Crippen molar-refractivity contribution in [3.8, 4) is 17.2 Å². The molecule has 0 aliphatic carbocycles. The van der Waals surface area contributed by atoms with E-state index >= 15 is 0 Å². The molecule has 1 amide bonds. The Morgan fingerprint density at radius 2 is 1.75 bits per heavy atom. The molecule has 36 heavy (non-hydrogen) atoms. The second-order valence-electron chi connectivity index (χ2n) is 9.67. The van der Waals surface area contributed by atoms with Crippen LogP contribution in [0.2, 0.25) is 0 Å². The van der Waals surface area contributed by atoms with Crippen LogP contribution in [0.3, 0.4) is 0 Å². The van der Waals surface area contributed by atoms with E-state index in [1.807, 2.05) is 13.8 Å². The fraction of sp³-hybridized carbons (Fsp3) is 0.429. The van der Waals surface area contributed by atoms with Crippen molar-refractivity contribution in [1.29, 1.82) is 0 Å². The van der Waals surface area contributed by atoms with Crippen molar-refractivity contribution in [2.24, 2.45) is 0 Å². The number of phenols is 1. The minimum atomic E-state index is -1.17. The molecule has 1 aliphatic heterocycles. The van der Waals surface area contributed by atoms with Crippen molar-refractivity contribution in [3.05, 3.63) is 51.6 Å². The number of phenolic OH excluding ortho intramolecular Hbond substituents is 1. The molecule has 0 bridgehead atoms. The standard InChI is InChI=1S/C28H36N2O6/c1-15(2)30(16(3)4)10-11-35-21-8-9-24(23(13-21)28(33)34)29-27(32)20-12-22-19(7)25(31)17(5)18(6)26(22)36-14-20/h8-9,12-13,15-16,31H,10-11,14H2,1-7H3,(H,29,32)(H,33,34). The van der Waals surface area contributed by atoms with Crippen LogP contribution in [0, 0.1) is 20.8 Å². The minimum Gasteiger partial charge on any atom is -0.507 e. The van der Waals surface area contributed by atoms with E-state index in [1.54, 1.807) is 19.1 Å². The first kappa shape index (κ1) is 27.1. The maximum Gasteiger partial charge on any atom is 0.337 e. The van der Waals surface area contributed by atoms with Gasteiger partial charge in [0, 0.05) is 29.8 Å². The van der Waals surface area contributed by atoms with Crippen LogP contribution in [0.5, 0.6) is 17.2 Å². The van der Waals surface area contributed by atoms with Gasteiger partial charge >= 0.3 is 5.97 Å². The zero-order valence-corrected chi connectivity index (χ0v) is 22.1. The highest BCUT2D eigenvalue weighted by Crippen LogP contribution is 2.40. The van der Waals surface area contributed by atoms with Crippen LogP contribution in [-0.4, -0.2) is 58.8 Å². The highest BCUT2D eigenvalue weighted by molar-refractivity contribution is 6.10. The number of aromatic hydroxyl groups is 1. The maximum absolute atomic E-state index is 13.0. The van der Waals surface area contributed by atoms with Gasteiger partial charge < -0.3 is 25.0 Å². The van der Waals surface area contributed by atoms with Crippen LogP contribution in [-0.2, 0) is 4.79 Å². The summed E-state index contributed by atoms with van der Waals surface area (Å²) in [6, 6.07) is 5.33. The summed E-state index contributed by atoms with van der Waals surface area (Å²) in [5, 5.41) is 22.8. The number of carbonyl (C=O) groups is 2. The smallest absolute Gasteiger partial charge is 0.337 e. The van der Waals surface area contributed by atoms with Gasteiger partial charge in [-0.3, -0.25) is 9.69 Å². The molecule has 194 valence electrons. The Labute approximate surface area is 212 Å². The predicted octanol–water partition coefficient (Wildman–Crippen LogP) is 4.93. The normalized spacial score (nSPS) is 12.9. The summed E-state index contributed by atoms with van der Waals surface area (Å²) >= 11 is 0. The van der Waals surface area contributed by atoms with E-state index in [1.165, 1.54) is 12.1 Å². The fourth-order valence-electron chi connectivity index (χ4n) is 4.47. The lowest BCUT2D eigenvalue weighted by Crippen LogP contribution is -2.39. The molecule has 2 aromatic rings. The molecule has 0 fully saturated rings. The minimum absolute atomic E-state index is 0.0368. The molecule has 0 saturated heterocycles. The van der Waals surface area contributed by atoms with Crippen LogP contribution >= 0.6 is 0 Å². The number of carbonyl (C=O) groups excluding carboxylic acids is 1. The second-order valence-corrected chi connectivity index (χ2v) is 9.67. The number of fused-ring (bicyclic) bond motifs is 1. The lowest BCUT2D eigenvalue weighted by atomic mass is 9.94. The topological polar surface area (TPSA) is 108 Å². The highest BCUT2D eigenvalue weighted by atomic mass is 16.5. The quantitative estimate of drug-likeness (QED) is 0.452. The molecule has 8 heteroatoms. The van der Waals surface area contributed by atoms with Gasteiger partial charge in [-0.1, -0.05) is 0 Å². The molecule has 8 nitrogen and oxygen atoms in total. The summed E-state index contributed by atoms with van der Waals surface area (Å²) < 4.78 is 11.7. The first-order valence-electron chi connectivity index (χ1n) is 12.2. The summed E-state index contributed by atoms with van der Waals surface area (Å²) in [6.07, 6.45) is 1.68. The van der Waals surface area contributed by atoms with Gasteiger partial charge in [-0.2, -0.15) is 0 Å². The lowest BCUT2D eigenvalue weighted by molar-refractivity contribution is -0.113. The molecule has 0 unspecified atom stereocenters. The Balaban J connectivity index is 1.78. The second kappa shape index (κ2) is 11.0. The molecule has 0 atom stereocenters. The molecule has 3 rings (SSSR count). The Bertz CT molecular complexity index is 1190. The number of aromatic carboxylic acids is 1. The number of carboxylic acids is 1. The Morgan fingerprint density at radius 3 is 2.36 bits per heavy atom. The van der Waals surface area contributed by atoms with Crippen LogP contribution in [0.25, 0.3) is 6.08 Å². The van der Waals surface area contributed by atoms with Crippen molar-refractivity contribution in [3.63, 3.8) is 0 Å². The Morgan fingerprint density at radius 1 is 1.08 bits per heavy atom. The van der Waals surface area contributed by atoms with Gasteiger partial charge in [0.2, 0.25) is 0 Å². The van der Waals surface area contributed by atoms with Crippen LogP contribution in [0.15, 0.2) is 23.8 Å².